The Bertz CT molecular complexity index is 720. The minimum Gasteiger partial charge on any atom is -0.384 e. The first-order valence-corrected chi connectivity index (χ1v) is 9.14. The van der Waals surface area contributed by atoms with E-state index in [9.17, 15) is 0 Å². The van der Waals surface area contributed by atoms with E-state index in [1.54, 1.807) is 7.11 Å². The minimum atomic E-state index is 0. The standard InChI is InChI=1S/C17H24BrN5O.HI/c1-3-19-17(22-7-6-13(9-22)12-24-2)20-8-15-11-23-10-14(18)4-5-16(23)21-15;/h4-5,10-11,13H,3,6-9,12H2,1-2H3,(H,19,20);1H. The molecule has 25 heavy (non-hydrogen) atoms. The molecule has 0 aliphatic carbocycles. The number of aliphatic imine (C=N–C) groups is 1. The van der Waals surface area contributed by atoms with Gasteiger partial charge in [0, 0.05) is 49.5 Å². The molecule has 0 saturated carbocycles. The fourth-order valence-electron chi connectivity index (χ4n) is 3.07. The Morgan fingerprint density at radius 1 is 1.44 bits per heavy atom. The summed E-state index contributed by atoms with van der Waals surface area (Å²) in [7, 11) is 1.77. The van der Waals surface area contributed by atoms with Crippen LogP contribution >= 0.6 is 39.9 Å². The first-order chi connectivity index (χ1) is 11.7. The van der Waals surface area contributed by atoms with Gasteiger partial charge >= 0.3 is 0 Å². The second-order valence-corrected chi connectivity index (χ2v) is 6.99. The number of guanidine groups is 1. The highest BCUT2D eigenvalue weighted by Crippen LogP contribution is 2.17. The molecule has 1 saturated heterocycles. The van der Waals surface area contributed by atoms with Gasteiger partial charge in [-0.3, -0.25) is 0 Å². The number of imidazole rings is 1. The summed E-state index contributed by atoms with van der Waals surface area (Å²) in [5.74, 6) is 1.56. The van der Waals surface area contributed by atoms with Crippen LogP contribution in [0.4, 0.5) is 0 Å². The van der Waals surface area contributed by atoms with E-state index >= 15 is 0 Å². The Balaban J connectivity index is 0.00000225. The summed E-state index contributed by atoms with van der Waals surface area (Å²) in [6.07, 6.45) is 5.20. The van der Waals surface area contributed by atoms with E-state index < -0.39 is 0 Å². The van der Waals surface area contributed by atoms with Crippen molar-refractivity contribution in [2.45, 2.75) is 19.9 Å². The number of halogens is 2. The van der Waals surface area contributed by atoms with E-state index in [0.717, 1.165) is 54.4 Å². The molecule has 0 amide bonds. The molecule has 6 nitrogen and oxygen atoms in total. The van der Waals surface area contributed by atoms with Gasteiger partial charge in [-0.1, -0.05) is 0 Å². The van der Waals surface area contributed by atoms with E-state index in [1.807, 2.05) is 28.9 Å². The number of nitrogens with zero attached hydrogens (tertiary/aromatic N) is 4. The number of hydrogen-bond acceptors (Lipinski definition) is 3. The fraction of sp³-hybridized carbons (Fsp3) is 0.529. The van der Waals surface area contributed by atoms with Crippen LogP contribution in [0.25, 0.3) is 5.65 Å². The summed E-state index contributed by atoms with van der Waals surface area (Å²) in [5.41, 5.74) is 1.91. The van der Waals surface area contributed by atoms with Crippen LogP contribution in [-0.4, -0.2) is 53.6 Å². The molecule has 8 heteroatoms. The van der Waals surface area contributed by atoms with Gasteiger partial charge in [0.1, 0.15) is 5.65 Å². The fourth-order valence-corrected chi connectivity index (χ4v) is 3.42. The van der Waals surface area contributed by atoms with Gasteiger partial charge in [-0.25, -0.2) is 9.98 Å². The maximum Gasteiger partial charge on any atom is 0.194 e. The van der Waals surface area contributed by atoms with Crippen LogP contribution in [0.5, 0.6) is 0 Å². The van der Waals surface area contributed by atoms with Crippen molar-refractivity contribution in [1.82, 2.24) is 19.6 Å². The lowest BCUT2D eigenvalue weighted by Gasteiger charge is -2.21. The molecule has 3 heterocycles. The van der Waals surface area contributed by atoms with Crippen molar-refractivity contribution in [3.63, 3.8) is 0 Å². The smallest absolute Gasteiger partial charge is 0.194 e. The van der Waals surface area contributed by atoms with Crippen molar-refractivity contribution in [1.29, 1.82) is 0 Å². The average molecular weight is 522 g/mol. The molecule has 0 aromatic carbocycles. The molecule has 1 aliphatic heterocycles. The van der Waals surface area contributed by atoms with Gasteiger partial charge in [-0.15, -0.1) is 24.0 Å². The maximum absolute atomic E-state index is 5.28. The van der Waals surface area contributed by atoms with E-state index in [4.69, 9.17) is 9.73 Å². The molecule has 0 spiro atoms. The summed E-state index contributed by atoms with van der Waals surface area (Å²) in [5, 5.41) is 3.39. The van der Waals surface area contributed by atoms with Crippen molar-refractivity contribution in [2.24, 2.45) is 10.9 Å². The molecule has 0 bridgehead atoms. The summed E-state index contributed by atoms with van der Waals surface area (Å²) >= 11 is 3.48. The Hall–Kier alpha value is -0.870. The number of likely N-dealkylation sites (tertiary alicyclic amines) is 1. The molecule has 2 aromatic heterocycles. The van der Waals surface area contributed by atoms with Crippen molar-refractivity contribution < 1.29 is 4.74 Å². The van der Waals surface area contributed by atoms with Crippen LogP contribution in [0.1, 0.15) is 19.0 Å². The number of aromatic nitrogens is 2. The molecular formula is C17H25BrIN5O. The van der Waals surface area contributed by atoms with Crippen LogP contribution in [0, 0.1) is 5.92 Å². The van der Waals surface area contributed by atoms with Gasteiger partial charge < -0.3 is 19.4 Å². The molecule has 1 N–H and O–H groups in total. The third kappa shape index (κ3) is 5.30. The lowest BCUT2D eigenvalue weighted by Crippen LogP contribution is -2.40. The Kier molecular flexibility index (Phi) is 7.95. The van der Waals surface area contributed by atoms with Gasteiger partial charge in [-0.2, -0.15) is 0 Å². The summed E-state index contributed by atoms with van der Waals surface area (Å²) in [6.45, 7) is 6.38. The highest BCUT2D eigenvalue weighted by atomic mass is 127. The van der Waals surface area contributed by atoms with Gasteiger partial charge in [0.25, 0.3) is 0 Å². The Morgan fingerprint density at radius 3 is 3.04 bits per heavy atom. The average Bonchev–Trinajstić information content (AvgIpc) is 3.18. The third-order valence-electron chi connectivity index (χ3n) is 4.18. The SMILES string of the molecule is CCNC(=NCc1cn2cc(Br)ccc2n1)N1CCC(COC)C1.I. The first kappa shape index (κ1) is 20.4. The molecule has 3 rings (SSSR count). The molecular weight excluding hydrogens is 497 g/mol. The molecule has 1 aliphatic rings. The number of fused-ring (bicyclic) bond motifs is 1. The molecule has 1 atom stereocenters. The quantitative estimate of drug-likeness (QED) is 0.373. The van der Waals surface area contributed by atoms with Gasteiger partial charge in [0.05, 0.1) is 18.8 Å². The second-order valence-electron chi connectivity index (χ2n) is 6.07. The summed E-state index contributed by atoms with van der Waals surface area (Å²) < 4.78 is 8.34. The van der Waals surface area contributed by atoms with Crippen molar-refractivity contribution in [3.05, 3.63) is 34.7 Å². The number of pyridine rings is 1. The first-order valence-electron chi connectivity index (χ1n) is 8.35. The number of rotatable bonds is 5. The predicted octanol–water partition coefficient (Wildman–Crippen LogP) is 3.15. The zero-order chi connectivity index (χ0) is 16.9. The predicted molar refractivity (Wildman–Crippen MR) is 115 cm³/mol. The van der Waals surface area contributed by atoms with Crippen LogP contribution < -0.4 is 5.32 Å². The van der Waals surface area contributed by atoms with Crippen molar-refractivity contribution in [3.8, 4) is 0 Å². The minimum absolute atomic E-state index is 0. The normalized spacial score (nSPS) is 17.8. The largest absolute Gasteiger partial charge is 0.384 e. The monoisotopic (exact) mass is 521 g/mol. The topological polar surface area (TPSA) is 54.2 Å². The Morgan fingerprint density at radius 2 is 2.28 bits per heavy atom. The molecule has 1 fully saturated rings. The number of hydrogen-bond donors (Lipinski definition) is 1. The highest BCUT2D eigenvalue weighted by molar-refractivity contribution is 14.0. The number of ether oxygens (including phenoxy) is 1. The Labute approximate surface area is 174 Å². The van der Waals surface area contributed by atoms with Crippen molar-refractivity contribution in [2.75, 3.05) is 33.4 Å². The van der Waals surface area contributed by atoms with E-state index in [0.29, 0.717) is 12.5 Å². The lowest BCUT2D eigenvalue weighted by molar-refractivity contribution is 0.157. The molecule has 2 aromatic rings. The van der Waals surface area contributed by atoms with Crippen LogP contribution in [0.2, 0.25) is 0 Å². The van der Waals surface area contributed by atoms with Gasteiger partial charge in [0.15, 0.2) is 5.96 Å². The van der Waals surface area contributed by atoms with Crippen LogP contribution in [0.3, 0.4) is 0 Å². The molecule has 138 valence electrons. The third-order valence-corrected chi connectivity index (χ3v) is 4.65. The van der Waals surface area contributed by atoms with Crippen LogP contribution in [0.15, 0.2) is 34.0 Å². The molecule has 0 radical (unpaired) electrons. The van der Waals surface area contributed by atoms with E-state index in [2.05, 4.69) is 38.1 Å². The van der Waals surface area contributed by atoms with Crippen LogP contribution in [-0.2, 0) is 11.3 Å². The van der Waals surface area contributed by atoms with E-state index in [-0.39, 0.29) is 24.0 Å². The maximum atomic E-state index is 5.28. The second kappa shape index (κ2) is 9.72. The molecule has 1 unspecified atom stereocenters. The van der Waals surface area contributed by atoms with E-state index in [1.165, 1.54) is 0 Å². The summed E-state index contributed by atoms with van der Waals surface area (Å²) in [6, 6.07) is 4.00. The summed E-state index contributed by atoms with van der Waals surface area (Å²) in [4.78, 5) is 11.7. The highest BCUT2D eigenvalue weighted by Gasteiger charge is 2.24. The van der Waals surface area contributed by atoms with Gasteiger partial charge in [-0.05, 0) is 41.4 Å². The number of methoxy groups -OCH3 is 1. The lowest BCUT2D eigenvalue weighted by atomic mass is 10.1. The number of nitrogens with one attached hydrogen (secondary N) is 1. The van der Waals surface area contributed by atoms with Crippen molar-refractivity contribution >= 4 is 51.5 Å². The zero-order valence-corrected chi connectivity index (χ0v) is 18.5. The van der Waals surface area contributed by atoms with Gasteiger partial charge in [0.2, 0.25) is 0 Å². The zero-order valence-electron chi connectivity index (χ0n) is 14.6.